The van der Waals surface area contributed by atoms with Gasteiger partial charge in [0.2, 0.25) is 0 Å². The Hall–Kier alpha value is -1.08. The molecule has 0 saturated carbocycles. The van der Waals surface area contributed by atoms with Crippen molar-refractivity contribution >= 4 is 32.7 Å². The third-order valence-corrected chi connectivity index (χ3v) is 3.86. The zero-order valence-electron chi connectivity index (χ0n) is 8.21. The zero-order valence-corrected chi connectivity index (χ0v) is 9.84. The molecule has 0 aliphatic carbocycles. The van der Waals surface area contributed by atoms with Crippen molar-refractivity contribution in [3.05, 3.63) is 23.4 Å². The predicted molar refractivity (Wildman–Crippen MR) is 62.3 cm³/mol. The number of thioether (sulfide) groups is 1. The van der Waals surface area contributed by atoms with E-state index in [1.165, 1.54) is 18.0 Å². The van der Waals surface area contributed by atoms with Gasteiger partial charge < -0.3 is 4.90 Å². The molecule has 15 heavy (non-hydrogen) atoms. The maximum atomic E-state index is 11.7. The van der Waals surface area contributed by atoms with E-state index in [9.17, 15) is 8.42 Å². The van der Waals surface area contributed by atoms with E-state index in [0.717, 1.165) is 0 Å². The number of rotatable bonds is 0. The van der Waals surface area contributed by atoms with Gasteiger partial charge >= 0.3 is 0 Å². The predicted octanol–water partition coefficient (Wildman–Crippen LogP) is 0.790. The number of nitrogens with zero attached hydrogens (tertiary/aromatic N) is 3. The van der Waals surface area contributed by atoms with Crippen molar-refractivity contribution in [2.45, 2.75) is 0 Å². The van der Waals surface area contributed by atoms with Crippen molar-refractivity contribution < 1.29 is 8.42 Å². The van der Waals surface area contributed by atoms with Crippen molar-refractivity contribution in [3.8, 4) is 0 Å². The minimum absolute atomic E-state index is 0.158. The lowest BCUT2D eigenvalue weighted by molar-refractivity contribution is 0.596. The molecular weight excluding hydrogens is 234 g/mol. The Kier molecular flexibility index (Phi) is 2.43. The summed E-state index contributed by atoms with van der Waals surface area (Å²) in [6.45, 7) is 0. The van der Waals surface area contributed by atoms with E-state index in [0.29, 0.717) is 5.71 Å². The molecule has 0 atom stereocenters. The number of fused-ring (bicyclic) bond motifs is 1. The monoisotopic (exact) mass is 243 g/mol. The van der Waals surface area contributed by atoms with Gasteiger partial charge in [0, 0.05) is 19.4 Å². The van der Waals surface area contributed by atoms with Crippen LogP contribution in [-0.4, -0.2) is 37.5 Å². The van der Waals surface area contributed by atoms with Crippen LogP contribution >= 0.6 is 11.8 Å². The quantitative estimate of drug-likeness (QED) is 0.631. The second kappa shape index (κ2) is 3.49. The average Bonchev–Trinajstić information content (AvgIpc) is 2.18. The number of amidine groups is 1. The Morgan fingerprint density at radius 3 is 2.87 bits per heavy atom. The first kappa shape index (κ1) is 10.4. The molecule has 2 heterocycles. The first-order valence-corrected chi connectivity index (χ1v) is 6.79. The van der Waals surface area contributed by atoms with E-state index >= 15 is 0 Å². The molecule has 2 aliphatic heterocycles. The number of aliphatic imine (C=N–C) groups is 1. The third-order valence-electron chi connectivity index (χ3n) is 1.92. The molecule has 0 radical (unpaired) electrons. The van der Waals surface area contributed by atoms with Crippen LogP contribution in [-0.2, 0) is 10.0 Å². The minimum atomic E-state index is -3.57. The maximum Gasteiger partial charge on any atom is 0.288 e. The van der Waals surface area contributed by atoms with Crippen molar-refractivity contribution in [2.24, 2.45) is 9.39 Å². The maximum absolute atomic E-state index is 11.7. The van der Waals surface area contributed by atoms with Crippen LogP contribution in [0.25, 0.3) is 0 Å². The first-order valence-electron chi connectivity index (χ1n) is 4.13. The Morgan fingerprint density at radius 1 is 1.47 bits per heavy atom. The zero-order chi connectivity index (χ0) is 11.1. The van der Waals surface area contributed by atoms with E-state index in [1.807, 2.05) is 0 Å². The fourth-order valence-corrected chi connectivity index (χ4v) is 3.02. The number of hydrogen-bond acceptors (Lipinski definition) is 5. The molecule has 2 rings (SSSR count). The summed E-state index contributed by atoms with van der Waals surface area (Å²) in [7, 11) is -1.82. The van der Waals surface area contributed by atoms with Gasteiger partial charge in [0.25, 0.3) is 10.0 Å². The highest BCUT2D eigenvalue weighted by Gasteiger charge is 2.28. The van der Waals surface area contributed by atoms with Crippen LogP contribution in [0, 0.1) is 0 Å². The molecule has 0 aromatic heterocycles. The molecule has 0 aromatic carbocycles. The van der Waals surface area contributed by atoms with Crippen molar-refractivity contribution in [1.82, 2.24) is 4.90 Å². The first-order chi connectivity index (χ1) is 7.03. The molecule has 2 aliphatic rings. The molecule has 0 saturated heterocycles. The van der Waals surface area contributed by atoms with Crippen molar-refractivity contribution in [1.29, 1.82) is 0 Å². The van der Waals surface area contributed by atoms with Gasteiger partial charge in [0.05, 0.1) is 5.71 Å². The summed E-state index contributed by atoms with van der Waals surface area (Å²) in [6, 6.07) is 0. The van der Waals surface area contributed by atoms with Gasteiger partial charge in [0.1, 0.15) is 4.91 Å². The molecule has 0 unspecified atom stereocenters. The Labute approximate surface area is 92.3 Å². The van der Waals surface area contributed by atoms with E-state index < -0.39 is 10.0 Å². The standard InChI is InChI=1S/C8H9N3O2S2/c1-11-4-3-6-7(5-11)15(12,13)10-8(9-6)14-2/h3-5H,1-2H3. The fourth-order valence-electron chi connectivity index (χ4n) is 1.21. The van der Waals surface area contributed by atoms with Crippen molar-refractivity contribution in [2.75, 3.05) is 13.3 Å². The summed E-state index contributed by atoms with van der Waals surface area (Å²) in [5.41, 5.74) is 0.451. The van der Waals surface area contributed by atoms with Gasteiger partial charge in [0.15, 0.2) is 5.17 Å². The topological polar surface area (TPSA) is 62.1 Å². The number of allylic oxidation sites excluding steroid dienone is 2. The minimum Gasteiger partial charge on any atom is -0.356 e. The van der Waals surface area contributed by atoms with Gasteiger partial charge in [-0.3, -0.25) is 0 Å². The van der Waals surface area contributed by atoms with E-state index in [-0.39, 0.29) is 10.1 Å². The van der Waals surface area contributed by atoms with Crippen LogP contribution in [0.3, 0.4) is 0 Å². The molecular formula is C8H9N3O2S2. The Balaban J connectivity index is 2.58. The Morgan fingerprint density at radius 2 is 2.20 bits per heavy atom. The second-order valence-corrected chi connectivity index (χ2v) is 5.37. The van der Waals surface area contributed by atoms with Crippen LogP contribution < -0.4 is 0 Å². The second-order valence-electron chi connectivity index (χ2n) is 3.02. The van der Waals surface area contributed by atoms with Crippen LogP contribution in [0.4, 0.5) is 0 Å². The highest BCUT2D eigenvalue weighted by atomic mass is 32.2. The lowest BCUT2D eigenvalue weighted by atomic mass is 10.3. The SMILES string of the molecule is CSC1=NS(=O)(=O)C2=CN(C)C=CC2=N1. The summed E-state index contributed by atoms with van der Waals surface area (Å²) < 4.78 is 27.0. The summed E-state index contributed by atoms with van der Waals surface area (Å²) >= 11 is 1.21. The molecule has 0 spiro atoms. The summed E-state index contributed by atoms with van der Waals surface area (Å²) in [5.74, 6) is 0. The summed E-state index contributed by atoms with van der Waals surface area (Å²) in [4.78, 5) is 5.94. The molecule has 0 fully saturated rings. The molecule has 0 bridgehead atoms. The number of hydrogen-bond donors (Lipinski definition) is 0. The van der Waals surface area contributed by atoms with Gasteiger partial charge in [-0.15, -0.1) is 4.40 Å². The van der Waals surface area contributed by atoms with Crippen LogP contribution in [0.5, 0.6) is 0 Å². The largest absolute Gasteiger partial charge is 0.356 e. The molecule has 5 nitrogen and oxygen atoms in total. The third kappa shape index (κ3) is 1.84. The Bertz CT molecular complexity index is 514. The van der Waals surface area contributed by atoms with Gasteiger partial charge in [-0.25, -0.2) is 4.99 Å². The normalized spacial score (nSPS) is 22.8. The van der Waals surface area contributed by atoms with E-state index in [1.54, 1.807) is 30.5 Å². The molecule has 0 aromatic rings. The highest BCUT2D eigenvalue weighted by molar-refractivity contribution is 8.14. The lowest BCUT2D eigenvalue weighted by Crippen LogP contribution is -2.23. The van der Waals surface area contributed by atoms with E-state index in [4.69, 9.17) is 0 Å². The number of sulfonamides is 1. The fraction of sp³-hybridized carbons (Fsp3) is 0.250. The summed E-state index contributed by atoms with van der Waals surface area (Å²) in [6.07, 6.45) is 6.67. The molecule has 7 heteroatoms. The highest BCUT2D eigenvalue weighted by Crippen LogP contribution is 2.23. The molecule has 80 valence electrons. The summed E-state index contributed by atoms with van der Waals surface area (Å²) in [5, 5.41) is 0.274. The van der Waals surface area contributed by atoms with Crippen LogP contribution in [0.1, 0.15) is 0 Å². The van der Waals surface area contributed by atoms with Crippen LogP contribution in [0.2, 0.25) is 0 Å². The van der Waals surface area contributed by atoms with E-state index in [2.05, 4.69) is 9.39 Å². The molecule has 0 N–H and O–H groups in total. The smallest absolute Gasteiger partial charge is 0.288 e. The average molecular weight is 243 g/mol. The molecule has 0 amide bonds. The lowest BCUT2D eigenvalue weighted by Gasteiger charge is -2.19. The van der Waals surface area contributed by atoms with Crippen molar-refractivity contribution in [3.63, 3.8) is 0 Å². The van der Waals surface area contributed by atoms with Crippen LogP contribution in [0.15, 0.2) is 32.8 Å². The van der Waals surface area contributed by atoms with Gasteiger partial charge in [-0.1, -0.05) is 11.8 Å². The van der Waals surface area contributed by atoms with Gasteiger partial charge in [-0.2, -0.15) is 8.42 Å². The van der Waals surface area contributed by atoms with Gasteiger partial charge in [-0.05, 0) is 12.3 Å².